The lowest BCUT2D eigenvalue weighted by Crippen LogP contribution is -2.24. The van der Waals surface area contributed by atoms with Gasteiger partial charge in [-0.15, -0.1) is 0 Å². The zero-order valence-corrected chi connectivity index (χ0v) is 13.7. The lowest BCUT2D eigenvalue weighted by molar-refractivity contribution is 0.290. The summed E-state index contributed by atoms with van der Waals surface area (Å²) in [6.45, 7) is 8.70. The molecule has 2 rings (SSSR count). The van der Waals surface area contributed by atoms with E-state index in [4.69, 9.17) is 0 Å². The Balaban J connectivity index is 0.000000191. The van der Waals surface area contributed by atoms with E-state index in [9.17, 15) is 0 Å². The first-order valence-electron chi connectivity index (χ1n) is 7.64. The van der Waals surface area contributed by atoms with Gasteiger partial charge >= 0.3 is 0 Å². The largest absolute Gasteiger partial charge is 0.306 e. The van der Waals surface area contributed by atoms with Crippen molar-refractivity contribution in [2.24, 2.45) is 5.92 Å². The SMILES string of the molecule is CCC1CCC(N(C)C)C1.Cc1ccc(C)c(C)c1. The van der Waals surface area contributed by atoms with Crippen LogP contribution in [0.5, 0.6) is 0 Å². The Labute approximate surface area is 120 Å². The molecular weight excluding hydrogens is 230 g/mol. The van der Waals surface area contributed by atoms with Crippen molar-refractivity contribution in [1.29, 1.82) is 0 Å². The van der Waals surface area contributed by atoms with Gasteiger partial charge in [-0.25, -0.2) is 0 Å². The predicted octanol–water partition coefficient (Wildman–Crippen LogP) is 4.74. The standard InChI is InChI=1S/C9H19N.C9H12/c1-4-8-5-6-9(7-8)10(2)3;1-7-4-5-8(2)9(3)6-7/h8-9H,4-7H2,1-3H3;4-6H,1-3H3. The van der Waals surface area contributed by atoms with E-state index < -0.39 is 0 Å². The Bertz CT molecular complexity index is 381. The summed E-state index contributed by atoms with van der Waals surface area (Å²) in [5.41, 5.74) is 4.11. The molecule has 0 aromatic heterocycles. The molecule has 0 saturated heterocycles. The first kappa shape index (κ1) is 16.2. The Morgan fingerprint density at radius 2 is 1.74 bits per heavy atom. The summed E-state index contributed by atoms with van der Waals surface area (Å²) in [4.78, 5) is 2.37. The number of rotatable bonds is 2. The maximum absolute atomic E-state index is 2.37. The molecule has 2 atom stereocenters. The minimum atomic E-state index is 0.880. The average molecular weight is 261 g/mol. The molecule has 108 valence electrons. The van der Waals surface area contributed by atoms with Crippen molar-refractivity contribution < 1.29 is 0 Å². The van der Waals surface area contributed by atoms with E-state index in [1.807, 2.05) is 0 Å². The highest BCUT2D eigenvalue weighted by molar-refractivity contribution is 5.28. The molecule has 1 saturated carbocycles. The third kappa shape index (κ3) is 5.36. The van der Waals surface area contributed by atoms with Crippen LogP contribution in [-0.2, 0) is 0 Å². The van der Waals surface area contributed by atoms with E-state index in [0.717, 1.165) is 12.0 Å². The van der Waals surface area contributed by atoms with Crippen LogP contribution in [0.2, 0.25) is 0 Å². The van der Waals surface area contributed by atoms with Crippen LogP contribution < -0.4 is 0 Å². The highest BCUT2D eigenvalue weighted by atomic mass is 15.1. The quantitative estimate of drug-likeness (QED) is 0.743. The summed E-state index contributed by atoms with van der Waals surface area (Å²) in [7, 11) is 4.39. The first-order valence-corrected chi connectivity index (χ1v) is 7.64. The predicted molar refractivity (Wildman–Crippen MR) is 85.8 cm³/mol. The summed E-state index contributed by atoms with van der Waals surface area (Å²) in [5.74, 6) is 1.02. The highest BCUT2D eigenvalue weighted by Gasteiger charge is 2.24. The molecule has 1 aromatic carbocycles. The molecule has 1 aliphatic rings. The van der Waals surface area contributed by atoms with Crippen LogP contribution in [0.4, 0.5) is 0 Å². The van der Waals surface area contributed by atoms with E-state index in [-0.39, 0.29) is 0 Å². The minimum Gasteiger partial charge on any atom is -0.306 e. The van der Waals surface area contributed by atoms with E-state index >= 15 is 0 Å². The number of aryl methyl sites for hydroxylation is 3. The normalized spacial score (nSPS) is 22.3. The second-order valence-corrected chi connectivity index (χ2v) is 6.29. The van der Waals surface area contributed by atoms with Gasteiger partial charge in [0.15, 0.2) is 0 Å². The van der Waals surface area contributed by atoms with Crippen LogP contribution in [0.25, 0.3) is 0 Å². The van der Waals surface area contributed by atoms with Crippen molar-refractivity contribution >= 4 is 0 Å². The van der Waals surface area contributed by atoms with Gasteiger partial charge in [0.25, 0.3) is 0 Å². The van der Waals surface area contributed by atoms with E-state index in [0.29, 0.717) is 0 Å². The molecule has 0 radical (unpaired) electrons. The number of hydrogen-bond donors (Lipinski definition) is 0. The van der Waals surface area contributed by atoms with Crippen molar-refractivity contribution in [2.75, 3.05) is 14.1 Å². The number of nitrogens with zero attached hydrogens (tertiary/aromatic N) is 1. The Kier molecular flexibility index (Phi) is 6.57. The van der Waals surface area contributed by atoms with E-state index in [1.54, 1.807) is 0 Å². The summed E-state index contributed by atoms with van der Waals surface area (Å²) in [5, 5.41) is 0. The van der Waals surface area contributed by atoms with Gasteiger partial charge < -0.3 is 4.90 Å². The van der Waals surface area contributed by atoms with Crippen molar-refractivity contribution in [3.05, 3.63) is 34.9 Å². The average Bonchev–Trinajstić information content (AvgIpc) is 2.84. The Morgan fingerprint density at radius 1 is 1.05 bits per heavy atom. The highest BCUT2D eigenvalue weighted by Crippen LogP contribution is 2.29. The molecule has 0 amide bonds. The van der Waals surface area contributed by atoms with Gasteiger partial charge in [-0.1, -0.05) is 37.1 Å². The second kappa shape index (κ2) is 7.69. The maximum atomic E-state index is 2.37. The summed E-state index contributed by atoms with van der Waals surface area (Å²) < 4.78 is 0. The molecule has 1 aliphatic carbocycles. The monoisotopic (exact) mass is 261 g/mol. The lowest BCUT2D eigenvalue weighted by atomic mass is 10.1. The Morgan fingerprint density at radius 3 is 2.11 bits per heavy atom. The molecular formula is C18H31N. The number of benzene rings is 1. The number of hydrogen-bond acceptors (Lipinski definition) is 1. The molecule has 1 nitrogen and oxygen atoms in total. The second-order valence-electron chi connectivity index (χ2n) is 6.29. The van der Waals surface area contributed by atoms with Crippen molar-refractivity contribution in [3.8, 4) is 0 Å². The van der Waals surface area contributed by atoms with Crippen molar-refractivity contribution in [3.63, 3.8) is 0 Å². The van der Waals surface area contributed by atoms with Gasteiger partial charge in [-0.05, 0) is 71.2 Å². The van der Waals surface area contributed by atoms with Crippen molar-refractivity contribution in [1.82, 2.24) is 4.90 Å². The van der Waals surface area contributed by atoms with Crippen molar-refractivity contribution in [2.45, 2.75) is 59.4 Å². The fraction of sp³-hybridized carbons (Fsp3) is 0.667. The molecule has 19 heavy (non-hydrogen) atoms. The molecule has 2 unspecified atom stereocenters. The zero-order valence-electron chi connectivity index (χ0n) is 13.7. The van der Waals surface area contributed by atoms with Crippen LogP contribution in [0.15, 0.2) is 18.2 Å². The van der Waals surface area contributed by atoms with Gasteiger partial charge in [-0.2, -0.15) is 0 Å². The zero-order chi connectivity index (χ0) is 14.4. The van der Waals surface area contributed by atoms with Crippen LogP contribution in [0, 0.1) is 26.7 Å². The molecule has 1 heteroatoms. The van der Waals surface area contributed by atoms with Gasteiger partial charge in [-0.3, -0.25) is 0 Å². The van der Waals surface area contributed by atoms with Crippen LogP contribution >= 0.6 is 0 Å². The van der Waals surface area contributed by atoms with Gasteiger partial charge in [0.1, 0.15) is 0 Å². The maximum Gasteiger partial charge on any atom is 0.00919 e. The molecule has 0 bridgehead atoms. The topological polar surface area (TPSA) is 3.24 Å². The minimum absolute atomic E-state index is 0.880. The molecule has 0 aliphatic heterocycles. The van der Waals surface area contributed by atoms with Gasteiger partial charge in [0, 0.05) is 6.04 Å². The molecule has 1 aromatic rings. The van der Waals surface area contributed by atoms with Crippen LogP contribution in [0.3, 0.4) is 0 Å². The summed E-state index contributed by atoms with van der Waals surface area (Å²) >= 11 is 0. The fourth-order valence-corrected chi connectivity index (χ4v) is 2.78. The summed E-state index contributed by atoms with van der Waals surface area (Å²) in [6.07, 6.45) is 5.69. The Hall–Kier alpha value is -0.820. The van der Waals surface area contributed by atoms with E-state index in [1.165, 1.54) is 42.4 Å². The first-order chi connectivity index (χ1) is 8.93. The third-order valence-corrected chi connectivity index (χ3v) is 4.48. The fourth-order valence-electron chi connectivity index (χ4n) is 2.78. The van der Waals surface area contributed by atoms with Gasteiger partial charge in [0.05, 0.1) is 0 Å². The van der Waals surface area contributed by atoms with E-state index in [2.05, 4.69) is 64.9 Å². The molecule has 1 fully saturated rings. The molecule has 0 spiro atoms. The lowest BCUT2D eigenvalue weighted by Gasteiger charge is -2.18. The third-order valence-electron chi connectivity index (χ3n) is 4.48. The summed E-state index contributed by atoms with van der Waals surface area (Å²) in [6, 6.07) is 7.38. The van der Waals surface area contributed by atoms with Gasteiger partial charge in [0.2, 0.25) is 0 Å². The molecule has 0 heterocycles. The van der Waals surface area contributed by atoms with Crippen LogP contribution in [0.1, 0.15) is 49.3 Å². The van der Waals surface area contributed by atoms with Crippen LogP contribution in [-0.4, -0.2) is 25.0 Å². The smallest absolute Gasteiger partial charge is 0.00919 e. The molecule has 0 N–H and O–H groups in total.